The first-order valence-corrected chi connectivity index (χ1v) is 5.42. The first kappa shape index (κ1) is 10.5. The molecule has 4 heteroatoms. The Balaban J connectivity index is 2.28. The minimum Gasteiger partial charge on any atom is -0.508 e. The third kappa shape index (κ3) is 1.73. The normalized spacial score (nSPS) is 10.7. The Kier molecular flexibility index (Phi) is 2.34. The van der Waals surface area contributed by atoms with Gasteiger partial charge in [0.1, 0.15) is 11.5 Å². The van der Waals surface area contributed by atoms with Gasteiger partial charge in [-0.1, -0.05) is 12.1 Å². The van der Waals surface area contributed by atoms with Crippen LogP contribution in [-0.2, 0) is 0 Å². The van der Waals surface area contributed by atoms with E-state index in [-0.39, 0.29) is 11.2 Å². The Morgan fingerprint density at radius 3 is 2.83 bits per heavy atom. The van der Waals surface area contributed by atoms with E-state index in [2.05, 4.69) is 4.98 Å². The van der Waals surface area contributed by atoms with Gasteiger partial charge in [0, 0.05) is 17.8 Å². The number of fused-ring (bicyclic) bond motifs is 1. The van der Waals surface area contributed by atoms with E-state index in [4.69, 9.17) is 4.42 Å². The van der Waals surface area contributed by atoms with E-state index in [1.54, 1.807) is 42.6 Å². The van der Waals surface area contributed by atoms with Gasteiger partial charge in [0.05, 0.1) is 0 Å². The molecule has 0 aliphatic heterocycles. The largest absolute Gasteiger partial charge is 0.508 e. The summed E-state index contributed by atoms with van der Waals surface area (Å²) in [5.41, 5.74) is 1.19. The zero-order valence-corrected chi connectivity index (χ0v) is 9.33. The van der Waals surface area contributed by atoms with Crippen molar-refractivity contribution in [3.63, 3.8) is 0 Å². The molecule has 0 radical (unpaired) electrons. The second-order valence-corrected chi connectivity index (χ2v) is 3.88. The summed E-state index contributed by atoms with van der Waals surface area (Å²) in [4.78, 5) is 15.9. The van der Waals surface area contributed by atoms with Crippen molar-refractivity contribution in [1.82, 2.24) is 4.98 Å². The van der Waals surface area contributed by atoms with Crippen molar-refractivity contribution in [2.24, 2.45) is 0 Å². The van der Waals surface area contributed by atoms with Gasteiger partial charge in [0.25, 0.3) is 0 Å². The van der Waals surface area contributed by atoms with E-state index < -0.39 is 0 Å². The minimum atomic E-state index is -0.199. The third-order valence-electron chi connectivity index (χ3n) is 2.62. The molecule has 0 atom stereocenters. The van der Waals surface area contributed by atoms with Crippen LogP contribution in [0, 0.1) is 0 Å². The van der Waals surface area contributed by atoms with Gasteiger partial charge in [0.15, 0.2) is 11.1 Å². The maximum absolute atomic E-state index is 11.9. The lowest BCUT2D eigenvalue weighted by atomic mass is 10.1. The molecule has 4 nitrogen and oxygen atoms in total. The number of aromatic hydroxyl groups is 1. The Bertz CT molecular complexity index is 777. The van der Waals surface area contributed by atoms with Gasteiger partial charge < -0.3 is 9.52 Å². The summed E-state index contributed by atoms with van der Waals surface area (Å²) in [7, 11) is 0. The lowest BCUT2D eigenvalue weighted by Crippen LogP contribution is -2.01. The second-order valence-electron chi connectivity index (χ2n) is 3.88. The smallest absolute Gasteiger partial charge is 0.211 e. The third-order valence-corrected chi connectivity index (χ3v) is 2.62. The number of hydrogen-bond donors (Lipinski definition) is 1. The van der Waals surface area contributed by atoms with Crippen molar-refractivity contribution in [2.75, 3.05) is 0 Å². The predicted molar refractivity (Wildman–Crippen MR) is 67.4 cm³/mol. The molecule has 0 aliphatic rings. The summed E-state index contributed by atoms with van der Waals surface area (Å²) < 4.78 is 5.61. The Hall–Kier alpha value is -2.62. The molecule has 2 heterocycles. The van der Waals surface area contributed by atoms with E-state index in [1.807, 2.05) is 0 Å². The average molecular weight is 239 g/mol. The molecule has 0 saturated heterocycles. The topological polar surface area (TPSA) is 63.3 Å². The molecule has 0 spiro atoms. The van der Waals surface area contributed by atoms with E-state index in [1.165, 1.54) is 6.07 Å². The van der Waals surface area contributed by atoms with E-state index in [9.17, 15) is 9.90 Å². The summed E-state index contributed by atoms with van der Waals surface area (Å²) in [6.45, 7) is 0. The van der Waals surface area contributed by atoms with Gasteiger partial charge in [0.2, 0.25) is 5.43 Å². The lowest BCUT2D eigenvalue weighted by molar-refractivity contribution is 0.475. The van der Waals surface area contributed by atoms with Crippen LogP contribution in [0.5, 0.6) is 5.75 Å². The van der Waals surface area contributed by atoms with Crippen LogP contribution in [0.25, 0.3) is 22.4 Å². The first-order valence-electron chi connectivity index (χ1n) is 5.42. The molecule has 2 aromatic heterocycles. The van der Waals surface area contributed by atoms with Gasteiger partial charge in [-0.2, -0.15) is 0 Å². The van der Waals surface area contributed by atoms with Gasteiger partial charge >= 0.3 is 0 Å². The summed E-state index contributed by atoms with van der Waals surface area (Å²) in [6.07, 6.45) is 1.55. The molecule has 18 heavy (non-hydrogen) atoms. The average Bonchev–Trinajstić information content (AvgIpc) is 2.39. The standard InChI is InChI=1S/C14H9NO3/c16-10-4-1-3-9(7-10)13-8-11(17)14-12(18-13)5-2-6-15-14/h1-8,16H. The van der Waals surface area contributed by atoms with Crippen LogP contribution in [0.15, 0.2) is 57.9 Å². The molecule has 0 unspecified atom stereocenters. The zero-order valence-electron chi connectivity index (χ0n) is 9.33. The highest BCUT2D eigenvalue weighted by Gasteiger charge is 2.07. The minimum absolute atomic E-state index is 0.126. The number of phenols is 1. The van der Waals surface area contributed by atoms with Gasteiger partial charge in [-0.05, 0) is 24.3 Å². The van der Waals surface area contributed by atoms with Gasteiger partial charge in [-0.15, -0.1) is 0 Å². The van der Waals surface area contributed by atoms with Crippen molar-refractivity contribution in [1.29, 1.82) is 0 Å². The SMILES string of the molecule is O=c1cc(-c2cccc(O)c2)oc2cccnc12. The molecule has 0 saturated carbocycles. The number of rotatable bonds is 1. The second kappa shape index (κ2) is 4.00. The fourth-order valence-corrected chi connectivity index (χ4v) is 1.79. The summed E-state index contributed by atoms with van der Waals surface area (Å²) in [5.74, 6) is 0.540. The zero-order chi connectivity index (χ0) is 12.5. The van der Waals surface area contributed by atoms with Crippen molar-refractivity contribution in [3.8, 4) is 17.1 Å². The molecule has 3 aromatic rings. The molecule has 3 rings (SSSR count). The first-order chi connectivity index (χ1) is 8.74. The van der Waals surface area contributed by atoms with Crippen LogP contribution in [0.1, 0.15) is 0 Å². The van der Waals surface area contributed by atoms with Gasteiger partial charge in [-0.3, -0.25) is 4.79 Å². The number of pyridine rings is 1. The fourth-order valence-electron chi connectivity index (χ4n) is 1.79. The number of phenolic OH excluding ortho intramolecular Hbond substituents is 1. The molecule has 0 amide bonds. The summed E-state index contributed by atoms with van der Waals surface area (Å²) in [5, 5.41) is 9.42. The van der Waals surface area contributed by atoms with Crippen LogP contribution in [-0.4, -0.2) is 10.1 Å². The predicted octanol–water partition coefficient (Wildman–Crippen LogP) is 2.56. The van der Waals surface area contributed by atoms with E-state index in [0.717, 1.165) is 0 Å². The highest BCUT2D eigenvalue weighted by Crippen LogP contribution is 2.24. The Labute approximate surface area is 102 Å². The summed E-state index contributed by atoms with van der Waals surface area (Å²) in [6, 6.07) is 11.3. The number of hydrogen-bond acceptors (Lipinski definition) is 4. The maximum Gasteiger partial charge on any atom is 0.211 e. The molecule has 0 aliphatic carbocycles. The molecule has 1 N–H and O–H groups in total. The quantitative estimate of drug-likeness (QED) is 0.708. The van der Waals surface area contributed by atoms with Crippen LogP contribution in [0.4, 0.5) is 0 Å². The Morgan fingerprint density at radius 1 is 1.11 bits per heavy atom. The van der Waals surface area contributed by atoms with Crippen LogP contribution in [0.3, 0.4) is 0 Å². The highest BCUT2D eigenvalue weighted by molar-refractivity contribution is 5.74. The fraction of sp³-hybridized carbons (Fsp3) is 0. The number of nitrogens with zero attached hydrogens (tertiary/aromatic N) is 1. The molecule has 88 valence electrons. The van der Waals surface area contributed by atoms with Crippen LogP contribution >= 0.6 is 0 Å². The number of aromatic nitrogens is 1. The van der Waals surface area contributed by atoms with E-state index in [0.29, 0.717) is 22.4 Å². The molecule has 0 bridgehead atoms. The lowest BCUT2D eigenvalue weighted by Gasteiger charge is -2.02. The monoisotopic (exact) mass is 239 g/mol. The molecule has 1 aromatic carbocycles. The highest BCUT2D eigenvalue weighted by atomic mass is 16.3. The van der Waals surface area contributed by atoms with Crippen molar-refractivity contribution < 1.29 is 9.52 Å². The molecular weight excluding hydrogens is 230 g/mol. The van der Waals surface area contributed by atoms with Crippen LogP contribution < -0.4 is 5.43 Å². The Morgan fingerprint density at radius 2 is 2.00 bits per heavy atom. The molecule has 0 fully saturated rings. The maximum atomic E-state index is 11.9. The van der Waals surface area contributed by atoms with Gasteiger partial charge in [-0.25, -0.2) is 4.98 Å². The summed E-state index contributed by atoms with van der Waals surface area (Å²) >= 11 is 0. The number of benzene rings is 1. The molecular formula is C14H9NO3. The van der Waals surface area contributed by atoms with Crippen molar-refractivity contribution in [3.05, 3.63) is 58.9 Å². The van der Waals surface area contributed by atoms with Crippen LogP contribution in [0.2, 0.25) is 0 Å². The van der Waals surface area contributed by atoms with Crippen molar-refractivity contribution >= 4 is 11.1 Å². The van der Waals surface area contributed by atoms with E-state index >= 15 is 0 Å². The van der Waals surface area contributed by atoms with Crippen molar-refractivity contribution in [2.45, 2.75) is 0 Å².